The Hall–Kier alpha value is -3.58. The molecule has 1 unspecified atom stereocenters. The van der Waals surface area contributed by atoms with E-state index in [1.165, 1.54) is 18.4 Å². The molecule has 0 N–H and O–H groups in total. The molecule has 1 fully saturated rings. The van der Waals surface area contributed by atoms with Gasteiger partial charge in [0.15, 0.2) is 4.88 Å². The van der Waals surface area contributed by atoms with Crippen LogP contribution in [0.25, 0.3) is 16.0 Å². The van der Waals surface area contributed by atoms with E-state index in [0.717, 1.165) is 42.5 Å². The number of halogens is 1. The number of aromatic nitrogens is 2. The maximum atomic E-state index is 12.7. The van der Waals surface area contributed by atoms with Crippen LogP contribution < -0.4 is 9.47 Å². The van der Waals surface area contributed by atoms with Gasteiger partial charge < -0.3 is 19.1 Å². The van der Waals surface area contributed by atoms with Gasteiger partial charge in [-0.05, 0) is 51.1 Å². The lowest BCUT2D eigenvalue weighted by atomic mass is 10.1. The van der Waals surface area contributed by atoms with Crippen LogP contribution in [0.4, 0.5) is 0 Å². The minimum atomic E-state index is -0.504. The van der Waals surface area contributed by atoms with Crippen molar-refractivity contribution in [2.45, 2.75) is 32.0 Å². The van der Waals surface area contributed by atoms with Gasteiger partial charge in [-0.15, -0.1) is 11.3 Å². The molecule has 2 aromatic heterocycles. The lowest BCUT2D eigenvalue weighted by Gasteiger charge is -2.30. The molecule has 0 radical (unpaired) electrons. The Morgan fingerprint density at radius 3 is 2.74 bits per heavy atom. The molecule has 0 spiro atoms. The molecule has 1 aliphatic rings. The summed E-state index contributed by atoms with van der Waals surface area (Å²) < 4.78 is 19.4. The number of carbonyl (C=O) groups excluding carboxylic acids is 1. The van der Waals surface area contributed by atoms with Crippen LogP contribution in [0.3, 0.4) is 0 Å². The van der Waals surface area contributed by atoms with Crippen LogP contribution in [0.1, 0.15) is 46.7 Å². The van der Waals surface area contributed by atoms with E-state index < -0.39 is 12.1 Å². The summed E-state index contributed by atoms with van der Waals surface area (Å²) >= 11 is 8.01. The lowest BCUT2D eigenvalue weighted by molar-refractivity contribution is 0.0600. The molecule has 1 aliphatic heterocycles. The van der Waals surface area contributed by atoms with Crippen LogP contribution >= 0.6 is 22.9 Å². The number of imidazole rings is 1. The third kappa shape index (κ3) is 5.20. The summed E-state index contributed by atoms with van der Waals surface area (Å²) in [4.78, 5) is 19.7. The molecule has 8 nitrogen and oxygen atoms in total. The zero-order chi connectivity index (χ0) is 26.8. The van der Waals surface area contributed by atoms with Gasteiger partial charge in [-0.1, -0.05) is 23.7 Å². The maximum Gasteiger partial charge on any atom is 0.351 e. The van der Waals surface area contributed by atoms with Crippen molar-refractivity contribution in [3.63, 3.8) is 0 Å². The van der Waals surface area contributed by atoms with Crippen molar-refractivity contribution in [1.29, 1.82) is 5.26 Å². The number of nitriles is 1. The molecular weight excluding hydrogens is 524 g/mol. The Kier molecular flexibility index (Phi) is 7.56. The first-order valence-corrected chi connectivity index (χ1v) is 13.5. The summed E-state index contributed by atoms with van der Waals surface area (Å²) in [5.41, 5.74) is 2.77. The van der Waals surface area contributed by atoms with Gasteiger partial charge in [-0.25, -0.2) is 9.78 Å². The highest BCUT2D eigenvalue weighted by molar-refractivity contribution is 7.16. The van der Waals surface area contributed by atoms with Crippen molar-refractivity contribution in [3.05, 3.63) is 69.8 Å². The molecule has 1 atom stereocenters. The van der Waals surface area contributed by atoms with Crippen molar-refractivity contribution < 1.29 is 19.0 Å². The van der Waals surface area contributed by atoms with E-state index >= 15 is 0 Å². The number of methoxy groups -OCH3 is 1. The van der Waals surface area contributed by atoms with Crippen molar-refractivity contribution in [2.75, 3.05) is 27.2 Å². The van der Waals surface area contributed by atoms with Gasteiger partial charge in [0, 0.05) is 24.7 Å². The first kappa shape index (κ1) is 26.0. The number of ether oxygens (including phenoxy) is 3. The number of rotatable bonds is 7. The van der Waals surface area contributed by atoms with Crippen molar-refractivity contribution in [1.82, 2.24) is 14.5 Å². The molecule has 5 rings (SSSR count). The number of carbonyl (C=O) groups is 1. The molecule has 3 heterocycles. The Morgan fingerprint density at radius 1 is 1.21 bits per heavy atom. The van der Waals surface area contributed by atoms with Crippen molar-refractivity contribution >= 4 is 39.9 Å². The SMILES string of the molecule is COC(=O)c1sc(-n2cnc3ccc(C#N)cc32)cc1OC(C)c1cccc(OC2CCN(C)CC2)c1Cl. The zero-order valence-electron chi connectivity index (χ0n) is 21.3. The average Bonchev–Trinajstić information content (AvgIpc) is 3.54. The second-order valence-corrected chi connectivity index (χ2v) is 10.6. The van der Waals surface area contributed by atoms with E-state index in [9.17, 15) is 10.1 Å². The molecule has 0 amide bonds. The fourth-order valence-electron chi connectivity index (χ4n) is 4.53. The predicted octanol–water partition coefficient (Wildman–Crippen LogP) is 6.01. The van der Waals surface area contributed by atoms with E-state index in [2.05, 4.69) is 23.0 Å². The van der Waals surface area contributed by atoms with Crippen molar-refractivity contribution in [3.8, 4) is 22.6 Å². The predicted molar refractivity (Wildman–Crippen MR) is 147 cm³/mol. The largest absolute Gasteiger partial charge is 0.489 e. The maximum absolute atomic E-state index is 12.7. The molecular formula is C28H27ClN4O4S. The summed E-state index contributed by atoms with van der Waals surface area (Å²) in [6.07, 6.45) is 3.20. The highest BCUT2D eigenvalue weighted by Crippen LogP contribution is 2.39. The number of esters is 1. The standard InChI is InChI=1S/C28H27ClN4O4S/c1-17(20-5-4-6-23(26(20)29)37-19-9-11-32(2)12-10-19)36-24-14-25(38-27(24)28(34)35-3)33-16-31-21-8-7-18(15-30)13-22(21)33/h4-8,13-14,16-17,19H,9-12H2,1-3H3. The summed E-state index contributed by atoms with van der Waals surface area (Å²) in [6, 6.07) is 14.9. The number of hydrogen-bond acceptors (Lipinski definition) is 8. The summed E-state index contributed by atoms with van der Waals surface area (Å²) in [7, 11) is 3.45. The Morgan fingerprint density at radius 2 is 2.00 bits per heavy atom. The number of thiophene rings is 1. The lowest BCUT2D eigenvalue weighted by Crippen LogP contribution is -2.35. The number of hydrogen-bond donors (Lipinski definition) is 0. The van der Waals surface area contributed by atoms with E-state index in [-0.39, 0.29) is 6.10 Å². The topological polar surface area (TPSA) is 89.6 Å². The Bertz CT molecular complexity index is 1520. The first-order chi connectivity index (χ1) is 18.4. The fourth-order valence-corrected chi connectivity index (χ4v) is 5.84. The monoisotopic (exact) mass is 550 g/mol. The fraction of sp³-hybridized carbons (Fsp3) is 0.321. The van der Waals surface area contributed by atoms with Crippen LogP contribution in [0.5, 0.6) is 11.5 Å². The van der Waals surface area contributed by atoms with Crippen LogP contribution in [0.2, 0.25) is 5.02 Å². The number of piperidine rings is 1. The van der Waals surface area contributed by atoms with Crippen LogP contribution in [-0.2, 0) is 4.74 Å². The van der Waals surface area contributed by atoms with E-state index in [1.54, 1.807) is 30.6 Å². The third-order valence-corrected chi connectivity index (χ3v) is 8.16. The summed E-state index contributed by atoms with van der Waals surface area (Å²) in [6.45, 7) is 3.86. The number of likely N-dealkylation sites (tertiary alicyclic amines) is 1. The van der Waals surface area contributed by atoms with E-state index in [4.69, 9.17) is 25.8 Å². The van der Waals surface area contributed by atoms with Gasteiger partial charge >= 0.3 is 5.97 Å². The number of nitrogens with zero attached hydrogens (tertiary/aromatic N) is 4. The average molecular weight is 551 g/mol. The minimum absolute atomic E-state index is 0.118. The molecule has 2 aromatic carbocycles. The number of benzene rings is 2. The highest BCUT2D eigenvalue weighted by Gasteiger charge is 2.25. The smallest absolute Gasteiger partial charge is 0.351 e. The third-order valence-electron chi connectivity index (χ3n) is 6.66. The number of fused-ring (bicyclic) bond motifs is 1. The normalized spacial score (nSPS) is 15.2. The zero-order valence-corrected chi connectivity index (χ0v) is 22.9. The minimum Gasteiger partial charge on any atom is -0.489 e. The van der Waals surface area contributed by atoms with E-state index in [0.29, 0.717) is 32.0 Å². The Balaban J connectivity index is 1.43. The van der Waals surface area contributed by atoms with Gasteiger partial charge in [0.2, 0.25) is 0 Å². The van der Waals surface area contributed by atoms with Crippen molar-refractivity contribution in [2.24, 2.45) is 0 Å². The second-order valence-electron chi connectivity index (χ2n) is 9.24. The first-order valence-electron chi connectivity index (χ1n) is 12.3. The van der Waals surface area contributed by atoms with Crippen LogP contribution in [-0.4, -0.2) is 53.8 Å². The molecule has 38 heavy (non-hydrogen) atoms. The molecule has 1 saturated heterocycles. The van der Waals surface area contributed by atoms with Gasteiger partial charge in [0.05, 0.1) is 34.8 Å². The summed E-state index contributed by atoms with van der Waals surface area (Å²) in [5, 5.41) is 10.5. The van der Waals surface area contributed by atoms with Gasteiger partial charge in [0.1, 0.15) is 35.0 Å². The second kappa shape index (κ2) is 11.0. The van der Waals surface area contributed by atoms with Gasteiger partial charge in [-0.3, -0.25) is 4.57 Å². The van der Waals surface area contributed by atoms with Gasteiger partial charge in [0.25, 0.3) is 0 Å². The molecule has 10 heteroatoms. The highest BCUT2D eigenvalue weighted by atomic mass is 35.5. The Labute approximate surface area is 229 Å². The van der Waals surface area contributed by atoms with Gasteiger partial charge in [-0.2, -0.15) is 5.26 Å². The molecule has 196 valence electrons. The molecule has 4 aromatic rings. The molecule has 0 aliphatic carbocycles. The molecule has 0 saturated carbocycles. The van der Waals surface area contributed by atoms with Crippen LogP contribution in [0.15, 0.2) is 48.8 Å². The quantitative estimate of drug-likeness (QED) is 0.260. The molecule has 0 bridgehead atoms. The van der Waals surface area contributed by atoms with Crippen LogP contribution in [0, 0.1) is 11.3 Å². The van der Waals surface area contributed by atoms with E-state index in [1.807, 2.05) is 29.7 Å². The summed E-state index contributed by atoms with van der Waals surface area (Å²) in [5.74, 6) is 0.503.